The molecule has 0 aliphatic heterocycles. The highest BCUT2D eigenvalue weighted by molar-refractivity contribution is 6.69. The summed E-state index contributed by atoms with van der Waals surface area (Å²) in [4.78, 5) is 0. The number of fused-ring (bicyclic) bond motifs is 6. The Morgan fingerprint density at radius 2 is 0.981 bits per heavy atom. The zero-order valence-electron chi connectivity index (χ0n) is 28.8. The maximum Gasteiger partial charge on any atom is 0.143 e. The highest BCUT2D eigenvalue weighted by Crippen LogP contribution is 2.48. The topological polar surface area (TPSA) is 13.1 Å². The number of hydrogen-bond acceptors (Lipinski definition) is 1. The number of allylic oxidation sites excluding steroid dienone is 1. The van der Waals surface area contributed by atoms with Crippen molar-refractivity contribution in [3.05, 3.63) is 145 Å². The second-order valence-electron chi connectivity index (χ2n) is 13.8. The number of benzene rings is 8. The van der Waals surface area contributed by atoms with Gasteiger partial charge in [-0.05, 0) is 102 Å². The molecule has 1 nitrogen and oxygen atoms in total. The number of rotatable bonds is 4. The second-order valence-corrected chi connectivity index (χ2v) is 13.8. The molecule has 0 spiro atoms. The molecule has 1 heterocycles. The van der Waals surface area contributed by atoms with E-state index in [-0.39, 0.29) is 16.4 Å². The van der Waals surface area contributed by atoms with Gasteiger partial charge in [0.1, 0.15) is 50.6 Å². The molecular formula is C47H25B5O. The van der Waals surface area contributed by atoms with E-state index in [1.54, 1.807) is 0 Å². The van der Waals surface area contributed by atoms with Gasteiger partial charge >= 0.3 is 0 Å². The second kappa shape index (κ2) is 12.1. The first-order chi connectivity index (χ1) is 25.9. The van der Waals surface area contributed by atoms with Crippen LogP contribution in [0.1, 0.15) is 11.3 Å². The van der Waals surface area contributed by atoms with Crippen LogP contribution >= 0.6 is 0 Å². The first-order valence-electron chi connectivity index (χ1n) is 17.7. The molecule has 8 aromatic carbocycles. The van der Waals surface area contributed by atoms with E-state index < -0.39 is 0 Å². The fourth-order valence-electron chi connectivity index (χ4n) is 8.48. The quantitative estimate of drug-likeness (QED) is 0.145. The predicted octanol–water partition coefficient (Wildman–Crippen LogP) is 7.10. The van der Waals surface area contributed by atoms with E-state index in [1.807, 2.05) is 18.2 Å². The van der Waals surface area contributed by atoms with Gasteiger partial charge in [-0.2, -0.15) is 0 Å². The monoisotopic (exact) mass is 660 g/mol. The van der Waals surface area contributed by atoms with Crippen LogP contribution in [0, 0.1) is 0 Å². The molecule has 1 aliphatic carbocycles. The maximum absolute atomic E-state index is 6.73. The standard InChI is InChI=1S/C47H25B5O/c48-42-41(43(49)45(51)46(52)44(42)50)39-32-17-8-6-15-30(32)38(31-16-7-9-18-33(31)39)27-23-26-13-4-5-14-28(26)36(24-27)34-22-21-29(25-11-2-1-3-12-25)47-40(34)35-19-10-20-37(35)53-47/h1-18,20-24H,19H2. The van der Waals surface area contributed by atoms with Gasteiger partial charge in [0.2, 0.25) is 0 Å². The van der Waals surface area contributed by atoms with E-state index >= 15 is 0 Å². The third-order valence-electron chi connectivity index (χ3n) is 11.0. The van der Waals surface area contributed by atoms with Crippen molar-refractivity contribution in [1.82, 2.24) is 0 Å². The lowest BCUT2D eigenvalue weighted by atomic mass is 9.59. The number of furan rings is 1. The van der Waals surface area contributed by atoms with Crippen LogP contribution in [0.2, 0.25) is 0 Å². The van der Waals surface area contributed by atoms with E-state index in [2.05, 4.69) is 121 Å². The molecule has 53 heavy (non-hydrogen) atoms. The molecule has 0 unspecified atom stereocenters. The highest BCUT2D eigenvalue weighted by atomic mass is 16.3. The zero-order chi connectivity index (χ0) is 36.0. The van der Waals surface area contributed by atoms with E-state index in [1.165, 1.54) is 10.9 Å². The van der Waals surface area contributed by atoms with Crippen LogP contribution in [0.3, 0.4) is 0 Å². The minimum atomic E-state index is 0.197. The molecule has 0 amide bonds. The third kappa shape index (κ3) is 4.71. The Labute approximate surface area is 314 Å². The van der Waals surface area contributed by atoms with E-state index in [4.69, 9.17) is 43.6 Å². The Hall–Kier alpha value is -5.86. The summed E-state index contributed by atoms with van der Waals surface area (Å²) in [5, 5.41) is 7.52. The van der Waals surface area contributed by atoms with Gasteiger partial charge in [0, 0.05) is 16.5 Å². The van der Waals surface area contributed by atoms with Gasteiger partial charge in [0.15, 0.2) is 0 Å². The molecule has 10 rings (SSSR count). The van der Waals surface area contributed by atoms with Crippen LogP contribution in [-0.4, -0.2) is 39.2 Å². The van der Waals surface area contributed by atoms with Crippen molar-refractivity contribution in [3.63, 3.8) is 0 Å². The van der Waals surface area contributed by atoms with Crippen molar-refractivity contribution in [2.45, 2.75) is 6.42 Å². The summed E-state index contributed by atoms with van der Waals surface area (Å²) in [5.41, 5.74) is 11.6. The predicted molar refractivity (Wildman–Crippen MR) is 230 cm³/mol. The highest BCUT2D eigenvalue weighted by Gasteiger charge is 2.25. The molecule has 10 radical (unpaired) electrons. The van der Waals surface area contributed by atoms with Crippen LogP contribution < -0.4 is 27.3 Å². The van der Waals surface area contributed by atoms with E-state index in [9.17, 15) is 0 Å². The van der Waals surface area contributed by atoms with Gasteiger partial charge in [-0.15, -0.1) is 16.4 Å². The lowest BCUT2D eigenvalue weighted by Gasteiger charge is -2.25. The van der Waals surface area contributed by atoms with Crippen molar-refractivity contribution in [1.29, 1.82) is 0 Å². The van der Waals surface area contributed by atoms with Gasteiger partial charge in [0.25, 0.3) is 0 Å². The molecule has 9 aromatic rings. The Bertz CT molecular complexity index is 2940. The van der Waals surface area contributed by atoms with Crippen LogP contribution in [0.25, 0.3) is 93.9 Å². The van der Waals surface area contributed by atoms with Crippen molar-refractivity contribution in [2.75, 3.05) is 0 Å². The van der Waals surface area contributed by atoms with Gasteiger partial charge in [-0.1, -0.05) is 126 Å². The lowest BCUT2D eigenvalue weighted by molar-refractivity contribution is 0.603. The maximum atomic E-state index is 6.73. The molecule has 0 fully saturated rings. The summed E-state index contributed by atoms with van der Waals surface area (Å²) in [6.07, 6.45) is 5.11. The summed E-state index contributed by atoms with van der Waals surface area (Å²) in [6.45, 7) is 0. The summed E-state index contributed by atoms with van der Waals surface area (Å²) in [7, 11) is 32.6. The molecule has 0 atom stereocenters. The minimum Gasteiger partial charge on any atom is -0.456 e. The Morgan fingerprint density at radius 3 is 1.64 bits per heavy atom. The van der Waals surface area contributed by atoms with Crippen LogP contribution in [-0.2, 0) is 6.42 Å². The van der Waals surface area contributed by atoms with Crippen molar-refractivity contribution >= 4 is 116 Å². The molecule has 1 aliphatic rings. The smallest absolute Gasteiger partial charge is 0.143 e. The van der Waals surface area contributed by atoms with Gasteiger partial charge < -0.3 is 4.42 Å². The molecule has 6 heteroatoms. The van der Waals surface area contributed by atoms with Crippen LogP contribution in [0.5, 0.6) is 0 Å². The van der Waals surface area contributed by atoms with E-state index in [0.717, 1.165) is 89.0 Å². The zero-order valence-corrected chi connectivity index (χ0v) is 28.8. The van der Waals surface area contributed by atoms with Crippen molar-refractivity contribution in [3.8, 4) is 44.5 Å². The third-order valence-corrected chi connectivity index (χ3v) is 11.0. The van der Waals surface area contributed by atoms with Gasteiger partial charge in [-0.25, -0.2) is 0 Å². The minimum absolute atomic E-state index is 0.197. The lowest BCUT2D eigenvalue weighted by Crippen LogP contribution is -2.55. The Balaban J connectivity index is 1.31. The van der Waals surface area contributed by atoms with Gasteiger partial charge in [0.05, 0.1) is 0 Å². The first-order valence-corrected chi connectivity index (χ1v) is 17.7. The largest absolute Gasteiger partial charge is 0.456 e. The molecule has 234 valence electrons. The normalized spacial score (nSPS) is 12.4. The average Bonchev–Trinajstić information content (AvgIpc) is 3.81. The molecule has 1 aromatic heterocycles. The molecule has 0 saturated heterocycles. The molecule has 0 N–H and O–H groups in total. The fourth-order valence-corrected chi connectivity index (χ4v) is 8.48. The van der Waals surface area contributed by atoms with Gasteiger partial charge in [-0.3, -0.25) is 0 Å². The molecule has 0 saturated carbocycles. The van der Waals surface area contributed by atoms with E-state index in [0.29, 0.717) is 16.5 Å². The van der Waals surface area contributed by atoms with Crippen molar-refractivity contribution in [2.24, 2.45) is 0 Å². The summed E-state index contributed by atoms with van der Waals surface area (Å²) in [6, 6.07) is 44.9. The Kier molecular flexibility index (Phi) is 7.27. The average molecular weight is 660 g/mol. The summed E-state index contributed by atoms with van der Waals surface area (Å²) in [5.74, 6) is 0.931. The summed E-state index contributed by atoms with van der Waals surface area (Å²) >= 11 is 0. The Morgan fingerprint density at radius 1 is 0.434 bits per heavy atom. The molecular weight excluding hydrogens is 635 g/mol. The van der Waals surface area contributed by atoms with Crippen molar-refractivity contribution < 1.29 is 4.42 Å². The van der Waals surface area contributed by atoms with Crippen LogP contribution in [0.15, 0.2) is 138 Å². The SMILES string of the molecule is [B]c1c([B])c([B])c(-c2c3ccccc3c(-c3cc(-c4ccc(-c5ccccc5)c5oc6c(c45)CC=C6)c4ccccc4c3)c3ccccc23)c([B])c1[B]. The first kappa shape index (κ1) is 31.8. The summed E-state index contributed by atoms with van der Waals surface area (Å²) < 4.78 is 6.67. The van der Waals surface area contributed by atoms with Crippen LogP contribution in [0.4, 0.5) is 0 Å². The fraction of sp³-hybridized carbons (Fsp3) is 0.0213. The molecule has 0 bridgehead atoms. The number of hydrogen-bond donors (Lipinski definition) is 0.